The fourth-order valence-electron chi connectivity index (χ4n) is 4.16. The Hall–Kier alpha value is -4.20. The van der Waals surface area contributed by atoms with Crippen LogP contribution >= 0.6 is 0 Å². The van der Waals surface area contributed by atoms with Crippen LogP contribution in [0.2, 0.25) is 0 Å². The quantitative estimate of drug-likeness (QED) is 0.281. The number of aromatic nitrogens is 3. The molecule has 0 amide bonds. The molecule has 0 saturated carbocycles. The van der Waals surface area contributed by atoms with Crippen molar-refractivity contribution in [3.05, 3.63) is 89.0 Å². The van der Waals surface area contributed by atoms with Crippen molar-refractivity contribution >= 4 is 23.0 Å². The minimum Gasteiger partial charge on any atom is -0.399 e. The van der Waals surface area contributed by atoms with Crippen LogP contribution in [0.1, 0.15) is 60.4 Å². The van der Waals surface area contributed by atoms with Gasteiger partial charge < -0.3 is 10.3 Å². The molecule has 0 radical (unpaired) electrons. The summed E-state index contributed by atoms with van der Waals surface area (Å²) < 4.78 is 20.2. The summed E-state index contributed by atoms with van der Waals surface area (Å²) in [5, 5.41) is 3.88. The van der Waals surface area contributed by atoms with E-state index in [1.165, 1.54) is 6.07 Å². The molecule has 0 saturated heterocycles. The van der Waals surface area contributed by atoms with Gasteiger partial charge in [-0.1, -0.05) is 50.2 Å². The molecule has 4 aromatic rings. The standard InChI is InChI=1S/C28H26FN5O2/c1-28(2,3)27-33-26(36-34-27)24(35)10-9-16-7-8-17(14-22(16)29)20-11-12-31-25-21(20)15-23(32-25)18-5-4-6-19(30)13-18/h4-8,11-14H,9-10,15,30H2,1-3H3. The summed E-state index contributed by atoms with van der Waals surface area (Å²) in [5.41, 5.74) is 11.1. The van der Waals surface area contributed by atoms with E-state index in [0.717, 1.165) is 28.0 Å². The molecule has 1 aliphatic heterocycles. The van der Waals surface area contributed by atoms with Gasteiger partial charge in [0.2, 0.25) is 5.78 Å². The maximum absolute atomic E-state index is 15.1. The zero-order valence-corrected chi connectivity index (χ0v) is 20.4. The van der Waals surface area contributed by atoms with E-state index in [-0.39, 0.29) is 35.7 Å². The van der Waals surface area contributed by atoms with Crippen LogP contribution in [0.4, 0.5) is 15.9 Å². The van der Waals surface area contributed by atoms with Gasteiger partial charge in [-0.15, -0.1) is 0 Å². The second-order valence-corrected chi connectivity index (χ2v) is 9.92. The highest BCUT2D eigenvalue weighted by Gasteiger charge is 2.24. The summed E-state index contributed by atoms with van der Waals surface area (Å²) in [4.78, 5) is 25.8. The number of hydrogen-bond acceptors (Lipinski definition) is 7. The lowest BCUT2D eigenvalue weighted by molar-refractivity contribution is 0.0940. The molecule has 0 aliphatic carbocycles. The van der Waals surface area contributed by atoms with Crippen molar-refractivity contribution in [2.45, 2.75) is 45.4 Å². The number of halogens is 1. The third-order valence-electron chi connectivity index (χ3n) is 6.16. The lowest BCUT2D eigenvalue weighted by atomic mass is 9.95. The molecule has 36 heavy (non-hydrogen) atoms. The maximum Gasteiger partial charge on any atom is 0.294 e. The molecule has 1 aliphatic rings. The van der Waals surface area contributed by atoms with Crippen LogP contribution in [-0.4, -0.2) is 26.6 Å². The molecule has 2 aromatic heterocycles. The van der Waals surface area contributed by atoms with Crippen LogP contribution in [0.25, 0.3) is 11.1 Å². The number of Topliss-reactive ketones (excluding diaryl/α,β-unsaturated/α-hetero) is 1. The number of anilines is 1. The van der Waals surface area contributed by atoms with E-state index in [1.807, 2.05) is 57.2 Å². The molecule has 0 atom stereocenters. The molecule has 0 bridgehead atoms. The Balaban J connectivity index is 1.31. The molecule has 2 aromatic carbocycles. The number of aryl methyl sites for hydroxylation is 1. The fourth-order valence-corrected chi connectivity index (χ4v) is 4.16. The third-order valence-corrected chi connectivity index (χ3v) is 6.16. The number of benzene rings is 2. The number of carbonyl (C=O) groups excluding carboxylic acids is 1. The molecule has 0 spiro atoms. The van der Waals surface area contributed by atoms with Gasteiger partial charge in [-0.25, -0.2) is 14.4 Å². The zero-order valence-electron chi connectivity index (χ0n) is 20.4. The van der Waals surface area contributed by atoms with Gasteiger partial charge in [0.1, 0.15) is 5.82 Å². The highest BCUT2D eigenvalue weighted by atomic mass is 19.1. The monoisotopic (exact) mass is 483 g/mol. The predicted molar refractivity (Wildman–Crippen MR) is 136 cm³/mol. The summed E-state index contributed by atoms with van der Waals surface area (Å²) in [6.45, 7) is 5.81. The lowest BCUT2D eigenvalue weighted by Crippen LogP contribution is -2.13. The van der Waals surface area contributed by atoms with Gasteiger partial charge in [0, 0.05) is 35.7 Å². The van der Waals surface area contributed by atoms with Crippen molar-refractivity contribution in [3.8, 4) is 11.1 Å². The molecule has 5 rings (SSSR count). The van der Waals surface area contributed by atoms with E-state index < -0.39 is 0 Å². The number of nitrogens with zero attached hydrogens (tertiary/aromatic N) is 4. The smallest absolute Gasteiger partial charge is 0.294 e. The van der Waals surface area contributed by atoms with Crippen LogP contribution in [0.3, 0.4) is 0 Å². The third kappa shape index (κ3) is 4.66. The van der Waals surface area contributed by atoms with E-state index in [9.17, 15) is 4.79 Å². The van der Waals surface area contributed by atoms with Gasteiger partial charge in [0.05, 0.1) is 5.71 Å². The van der Waals surface area contributed by atoms with E-state index in [0.29, 0.717) is 29.3 Å². The number of aliphatic imine (C=N–C) groups is 1. The largest absolute Gasteiger partial charge is 0.399 e. The van der Waals surface area contributed by atoms with Crippen LogP contribution in [0.15, 0.2) is 64.2 Å². The average molecular weight is 484 g/mol. The highest BCUT2D eigenvalue weighted by molar-refractivity contribution is 6.07. The molecule has 3 heterocycles. The first-order valence-electron chi connectivity index (χ1n) is 11.8. The molecule has 182 valence electrons. The second-order valence-electron chi connectivity index (χ2n) is 9.92. The Kier molecular flexibility index (Phi) is 5.96. The Morgan fingerprint density at radius 3 is 2.67 bits per heavy atom. The summed E-state index contributed by atoms with van der Waals surface area (Å²) in [7, 11) is 0. The van der Waals surface area contributed by atoms with E-state index in [1.54, 1.807) is 12.3 Å². The van der Waals surface area contributed by atoms with Gasteiger partial charge in [-0.3, -0.25) is 4.79 Å². The van der Waals surface area contributed by atoms with Gasteiger partial charge in [0.15, 0.2) is 11.6 Å². The lowest BCUT2D eigenvalue weighted by Gasteiger charge is -2.10. The van der Waals surface area contributed by atoms with Crippen LogP contribution in [0.5, 0.6) is 0 Å². The minimum absolute atomic E-state index is 0.0414. The predicted octanol–water partition coefficient (Wildman–Crippen LogP) is 5.64. The molecular formula is C28H26FN5O2. The molecule has 0 unspecified atom stereocenters. The van der Waals surface area contributed by atoms with Crippen molar-refractivity contribution in [1.82, 2.24) is 15.1 Å². The zero-order chi connectivity index (χ0) is 25.4. The number of hydrogen-bond donors (Lipinski definition) is 1. The topological polar surface area (TPSA) is 107 Å². The normalized spacial score (nSPS) is 12.9. The van der Waals surface area contributed by atoms with Crippen molar-refractivity contribution < 1.29 is 13.7 Å². The SMILES string of the molecule is CC(C)(C)c1noc(C(=O)CCc2ccc(-c3ccnc4c3CC(c3cccc(N)c3)=N4)cc2F)n1. The first-order chi connectivity index (χ1) is 17.2. The Morgan fingerprint density at radius 2 is 1.94 bits per heavy atom. The van der Waals surface area contributed by atoms with Crippen molar-refractivity contribution in [2.75, 3.05) is 5.73 Å². The van der Waals surface area contributed by atoms with Crippen molar-refractivity contribution in [3.63, 3.8) is 0 Å². The first kappa shape index (κ1) is 23.5. The van der Waals surface area contributed by atoms with Gasteiger partial charge >= 0.3 is 0 Å². The fraction of sp³-hybridized carbons (Fsp3) is 0.250. The average Bonchev–Trinajstić information content (AvgIpc) is 3.51. The summed E-state index contributed by atoms with van der Waals surface area (Å²) in [6.07, 6.45) is 2.57. The molecule has 2 N–H and O–H groups in total. The Labute approximate surface area is 208 Å². The summed E-state index contributed by atoms with van der Waals surface area (Å²) >= 11 is 0. The Bertz CT molecular complexity index is 1500. The van der Waals surface area contributed by atoms with Crippen LogP contribution < -0.4 is 5.73 Å². The number of pyridine rings is 1. The molecular weight excluding hydrogens is 457 g/mol. The Morgan fingerprint density at radius 1 is 1.11 bits per heavy atom. The molecule has 8 heteroatoms. The number of nitrogens with two attached hydrogens (primary N) is 1. The van der Waals surface area contributed by atoms with E-state index in [4.69, 9.17) is 10.3 Å². The number of carbonyl (C=O) groups is 1. The van der Waals surface area contributed by atoms with Crippen LogP contribution in [-0.2, 0) is 18.3 Å². The molecule has 7 nitrogen and oxygen atoms in total. The summed E-state index contributed by atoms with van der Waals surface area (Å²) in [5.74, 6) is 0.380. The van der Waals surface area contributed by atoms with Gasteiger partial charge in [-0.05, 0) is 52.9 Å². The van der Waals surface area contributed by atoms with Crippen molar-refractivity contribution in [1.29, 1.82) is 0 Å². The van der Waals surface area contributed by atoms with E-state index in [2.05, 4.69) is 20.1 Å². The second kappa shape index (κ2) is 9.11. The first-order valence-corrected chi connectivity index (χ1v) is 11.8. The van der Waals surface area contributed by atoms with E-state index >= 15 is 4.39 Å². The highest BCUT2D eigenvalue weighted by Crippen LogP contribution is 2.36. The minimum atomic E-state index is -0.373. The number of nitrogen functional groups attached to an aromatic ring is 1. The van der Waals surface area contributed by atoms with Gasteiger partial charge in [-0.2, -0.15) is 4.98 Å². The number of rotatable bonds is 6. The van der Waals surface area contributed by atoms with Crippen LogP contribution in [0, 0.1) is 5.82 Å². The van der Waals surface area contributed by atoms with Gasteiger partial charge in [0.25, 0.3) is 5.89 Å². The van der Waals surface area contributed by atoms with Crippen molar-refractivity contribution in [2.24, 2.45) is 4.99 Å². The maximum atomic E-state index is 15.1. The molecule has 0 fully saturated rings. The number of ketones is 1. The number of fused-ring (bicyclic) bond motifs is 1. The summed E-state index contributed by atoms with van der Waals surface area (Å²) in [6, 6.07) is 14.5.